The molecule has 0 saturated heterocycles. The zero-order valence-corrected chi connectivity index (χ0v) is 5.67. The molecule has 0 unspecified atom stereocenters. The van der Waals surface area contributed by atoms with Gasteiger partial charge in [0.05, 0.1) is 0 Å². The number of aromatic nitrogens is 4. The molecule has 0 aromatic rings. The molecule has 0 amide bonds. The summed E-state index contributed by atoms with van der Waals surface area (Å²) in [7, 11) is 0. The molecular formula is C4H3N5S. The summed E-state index contributed by atoms with van der Waals surface area (Å²) in [5.41, 5.74) is 5.30. The smallest absolute Gasteiger partial charge is 0.233 e. The van der Waals surface area contributed by atoms with Crippen LogP contribution in [0.25, 0.3) is 10.8 Å². The van der Waals surface area contributed by atoms with Gasteiger partial charge in [-0.2, -0.15) is 9.36 Å². The van der Waals surface area contributed by atoms with E-state index in [0.717, 1.165) is 0 Å². The quantitative estimate of drug-likeness (QED) is 0.577. The molecule has 0 aromatic carbocycles. The number of nitrogens with zero attached hydrogens (tertiary/aromatic N) is 4. The molecule has 2 aliphatic heterocycles. The molecule has 50 valence electrons. The molecule has 2 N–H and O–H groups in total. The average Bonchev–Trinajstić information content (AvgIpc) is 2.33. The van der Waals surface area contributed by atoms with Gasteiger partial charge in [-0.1, -0.05) is 0 Å². The molecule has 2 heterocycles. The summed E-state index contributed by atoms with van der Waals surface area (Å²) < 4.78 is 3.79. The first kappa shape index (κ1) is 5.48. The van der Waals surface area contributed by atoms with E-state index in [9.17, 15) is 0 Å². The SMILES string of the molecule is Nc1nsc2ncnc-2n1. The Morgan fingerprint density at radius 1 is 1.40 bits per heavy atom. The first-order valence-electron chi connectivity index (χ1n) is 2.56. The summed E-state index contributed by atoms with van der Waals surface area (Å²) in [5, 5.41) is 0.717. The van der Waals surface area contributed by atoms with Crippen LogP contribution in [0.3, 0.4) is 0 Å². The maximum Gasteiger partial charge on any atom is 0.233 e. The van der Waals surface area contributed by atoms with Crippen molar-refractivity contribution in [2.45, 2.75) is 0 Å². The van der Waals surface area contributed by atoms with Crippen LogP contribution in [0.4, 0.5) is 5.95 Å². The van der Waals surface area contributed by atoms with Crippen molar-refractivity contribution in [2.75, 3.05) is 5.73 Å². The van der Waals surface area contributed by atoms with Crippen LogP contribution >= 0.6 is 11.5 Å². The van der Waals surface area contributed by atoms with Crippen molar-refractivity contribution >= 4 is 17.5 Å². The van der Waals surface area contributed by atoms with E-state index in [4.69, 9.17) is 5.73 Å². The third kappa shape index (κ3) is 0.695. The third-order valence-electron chi connectivity index (χ3n) is 0.992. The molecule has 0 atom stereocenters. The van der Waals surface area contributed by atoms with Crippen LogP contribution in [0.1, 0.15) is 0 Å². The van der Waals surface area contributed by atoms with Crippen molar-refractivity contribution in [2.24, 2.45) is 0 Å². The van der Waals surface area contributed by atoms with Crippen molar-refractivity contribution in [1.29, 1.82) is 0 Å². The number of hydrogen-bond acceptors (Lipinski definition) is 6. The zero-order valence-electron chi connectivity index (χ0n) is 4.85. The summed E-state index contributed by atoms with van der Waals surface area (Å²) >= 11 is 1.20. The molecule has 0 aliphatic carbocycles. The molecule has 6 heteroatoms. The normalized spacial score (nSPS) is 10.4. The van der Waals surface area contributed by atoms with Gasteiger partial charge in [0.1, 0.15) is 6.33 Å². The third-order valence-corrected chi connectivity index (χ3v) is 1.73. The number of hydrogen-bond donors (Lipinski definition) is 1. The van der Waals surface area contributed by atoms with Crippen LogP contribution in [0.2, 0.25) is 0 Å². The van der Waals surface area contributed by atoms with Crippen LogP contribution < -0.4 is 5.73 Å². The van der Waals surface area contributed by atoms with E-state index < -0.39 is 0 Å². The molecule has 10 heavy (non-hydrogen) atoms. The van der Waals surface area contributed by atoms with Gasteiger partial charge in [0, 0.05) is 0 Å². The van der Waals surface area contributed by atoms with Crippen LogP contribution in [-0.4, -0.2) is 19.3 Å². The lowest BCUT2D eigenvalue weighted by molar-refractivity contribution is 1.21. The fraction of sp³-hybridized carbons (Fsp3) is 0. The largest absolute Gasteiger partial charge is 0.367 e. The van der Waals surface area contributed by atoms with E-state index in [2.05, 4.69) is 19.3 Å². The van der Waals surface area contributed by atoms with Crippen LogP contribution in [-0.2, 0) is 0 Å². The molecule has 5 nitrogen and oxygen atoms in total. The summed E-state index contributed by atoms with van der Waals surface area (Å²) in [6, 6.07) is 0. The minimum absolute atomic E-state index is 0.248. The van der Waals surface area contributed by atoms with Gasteiger partial charge >= 0.3 is 0 Å². The summed E-state index contributed by atoms with van der Waals surface area (Å²) in [6.07, 6.45) is 1.44. The first-order chi connectivity index (χ1) is 4.86. The van der Waals surface area contributed by atoms with Crippen molar-refractivity contribution in [1.82, 2.24) is 19.3 Å². The van der Waals surface area contributed by atoms with Crippen LogP contribution in [0.15, 0.2) is 6.33 Å². The van der Waals surface area contributed by atoms with Crippen LogP contribution in [0, 0.1) is 0 Å². The first-order valence-corrected chi connectivity index (χ1v) is 3.33. The lowest BCUT2D eigenvalue weighted by Crippen LogP contribution is -1.94. The number of anilines is 1. The highest BCUT2D eigenvalue weighted by molar-refractivity contribution is 7.09. The number of nitrogen functional groups attached to an aromatic ring is 1. The van der Waals surface area contributed by atoms with Gasteiger partial charge in [-0.3, -0.25) is 0 Å². The van der Waals surface area contributed by atoms with E-state index in [1.54, 1.807) is 0 Å². The molecule has 0 saturated carbocycles. The van der Waals surface area contributed by atoms with Crippen molar-refractivity contribution in [3.05, 3.63) is 6.33 Å². The van der Waals surface area contributed by atoms with E-state index in [-0.39, 0.29) is 5.95 Å². The van der Waals surface area contributed by atoms with E-state index in [1.807, 2.05) is 0 Å². The summed E-state index contributed by atoms with van der Waals surface area (Å²) in [6.45, 7) is 0. The Labute approximate surface area is 60.5 Å². The minimum atomic E-state index is 0.248. The topological polar surface area (TPSA) is 77.6 Å². The van der Waals surface area contributed by atoms with Crippen molar-refractivity contribution < 1.29 is 0 Å². The summed E-state index contributed by atoms with van der Waals surface area (Å²) in [5.74, 6) is 0.815. The van der Waals surface area contributed by atoms with Gasteiger partial charge in [0.25, 0.3) is 0 Å². The van der Waals surface area contributed by atoms with E-state index in [1.165, 1.54) is 17.9 Å². The fourth-order valence-corrected chi connectivity index (χ4v) is 1.10. The number of nitrogens with two attached hydrogens (primary N) is 1. The Balaban J connectivity index is 2.75. The number of imidazole rings is 1. The number of rotatable bonds is 0. The lowest BCUT2D eigenvalue weighted by atomic mass is 10.7. The average molecular weight is 153 g/mol. The molecule has 0 fully saturated rings. The van der Waals surface area contributed by atoms with E-state index >= 15 is 0 Å². The van der Waals surface area contributed by atoms with Crippen molar-refractivity contribution in [3.8, 4) is 10.8 Å². The fourth-order valence-electron chi connectivity index (χ4n) is 0.609. The molecule has 0 radical (unpaired) electrons. The van der Waals surface area contributed by atoms with Gasteiger partial charge in [-0.15, -0.1) is 0 Å². The van der Waals surface area contributed by atoms with Gasteiger partial charge in [-0.25, -0.2) is 9.97 Å². The Kier molecular flexibility index (Phi) is 1.01. The zero-order chi connectivity index (χ0) is 6.97. The van der Waals surface area contributed by atoms with Crippen molar-refractivity contribution in [3.63, 3.8) is 0 Å². The van der Waals surface area contributed by atoms with Gasteiger partial charge in [0.15, 0.2) is 10.8 Å². The Morgan fingerprint density at radius 3 is 3.20 bits per heavy atom. The second-order valence-corrected chi connectivity index (χ2v) is 2.41. The molecular weight excluding hydrogens is 150 g/mol. The van der Waals surface area contributed by atoms with Gasteiger partial charge in [0.2, 0.25) is 5.95 Å². The van der Waals surface area contributed by atoms with Gasteiger partial charge in [-0.05, 0) is 11.5 Å². The minimum Gasteiger partial charge on any atom is -0.367 e. The monoisotopic (exact) mass is 153 g/mol. The predicted octanol–water partition coefficient (Wildman–Crippen LogP) is 0.0151. The van der Waals surface area contributed by atoms with Crippen LogP contribution in [0.5, 0.6) is 0 Å². The number of fused-ring (bicyclic) bond motifs is 1. The summed E-state index contributed by atoms with van der Waals surface area (Å²) in [4.78, 5) is 11.6. The molecule has 0 bridgehead atoms. The second kappa shape index (κ2) is 1.84. The lowest BCUT2D eigenvalue weighted by Gasteiger charge is -1.90. The second-order valence-electron chi connectivity index (χ2n) is 1.66. The molecule has 0 aromatic heterocycles. The molecule has 2 aliphatic rings. The molecule has 0 spiro atoms. The molecule has 2 rings (SSSR count). The maximum atomic E-state index is 5.30. The Bertz CT molecular complexity index is 318. The predicted molar refractivity (Wildman–Crippen MR) is 36.5 cm³/mol. The standard InChI is InChI=1S/C4H3N5S/c5-4-8-2-3(10-9-4)7-1-6-2/h1H,(H2,5,9). The van der Waals surface area contributed by atoms with Gasteiger partial charge < -0.3 is 5.73 Å². The highest BCUT2D eigenvalue weighted by Crippen LogP contribution is 2.17. The Morgan fingerprint density at radius 2 is 2.30 bits per heavy atom. The van der Waals surface area contributed by atoms with E-state index in [0.29, 0.717) is 10.8 Å². The highest BCUT2D eigenvalue weighted by Gasteiger charge is 2.07. The maximum absolute atomic E-state index is 5.30. The highest BCUT2D eigenvalue weighted by atomic mass is 32.1. The Hall–Kier alpha value is -1.30.